The highest BCUT2D eigenvalue weighted by Crippen LogP contribution is 2.17. The molecule has 0 spiro atoms. The van der Waals surface area contributed by atoms with Gasteiger partial charge in [-0.1, -0.05) is 12.1 Å². The largest absolute Gasteiger partial charge is 0.481 e. The molecule has 1 N–H and O–H groups in total. The third kappa shape index (κ3) is 4.46. The van der Waals surface area contributed by atoms with Crippen LogP contribution in [-0.4, -0.2) is 55.2 Å². The molecule has 2 rings (SSSR count). The first-order valence-corrected chi connectivity index (χ1v) is 6.93. The van der Waals surface area contributed by atoms with Gasteiger partial charge in [0.15, 0.2) is 0 Å². The van der Waals surface area contributed by atoms with Crippen LogP contribution in [0.15, 0.2) is 24.3 Å². The summed E-state index contributed by atoms with van der Waals surface area (Å²) in [5.41, 5.74) is 2.12. The summed E-state index contributed by atoms with van der Waals surface area (Å²) in [4.78, 5) is 25.8. The highest BCUT2D eigenvalue weighted by atomic mass is 16.5. The Balaban J connectivity index is 1.92. The first-order valence-electron chi connectivity index (χ1n) is 6.93. The Morgan fingerprint density at radius 3 is 2.43 bits per heavy atom. The van der Waals surface area contributed by atoms with Gasteiger partial charge in [0.2, 0.25) is 5.91 Å². The summed E-state index contributed by atoms with van der Waals surface area (Å²) in [6, 6.07) is 7.98. The van der Waals surface area contributed by atoms with E-state index in [1.165, 1.54) is 4.90 Å². The number of benzene rings is 1. The molecule has 1 amide bonds. The van der Waals surface area contributed by atoms with Crippen LogP contribution in [0.25, 0.3) is 0 Å². The van der Waals surface area contributed by atoms with Crippen molar-refractivity contribution in [1.29, 1.82) is 0 Å². The number of carbonyl (C=O) groups excluding carboxylic acids is 1. The minimum Gasteiger partial charge on any atom is -0.481 e. The zero-order valence-electron chi connectivity index (χ0n) is 12.1. The van der Waals surface area contributed by atoms with Gasteiger partial charge in [0.05, 0.1) is 13.2 Å². The number of amides is 1. The first kappa shape index (κ1) is 15.3. The maximum Gasteiger partial charge on any atom is 0.312 e. The third-order valence-corrected chi connectivity index (χ3v) is 3.46. The quantitative estimate of drug-likeness (QED) is 0.818. The van der Waals surface area contributed by atoms with Gasteiger partial charge in [-0.2, -0.15) is 0 Å². The number of hydrogen-bond donors (Lipinski definition) is 1. The summed E-state index contributed by atoms with van der Waals surface area (Å²) >= 11 is 0. The van der Waals surface area contributed by atoms with E-state index in [-0.39, 0.29) is 5.91 Å². The highest BCUT2D eigenvalue weighted by molar-refractivity contribution is 5.93. The van der Waals surface area contributed by atoms with Crippen LogP contribution in [0.3, 0.4) is 0 Å². The molecule has 0 aromatic heterocycles. The van der Waals surface area contributed by atoms with Crippen molar-refractivity contribution in [2.75, 3.05) is 38.3 Å². The number of aliphatic carboxylic acids is 1. The summed E-state index contributed by atoms with van der Waals surface area (Å²) in [5.74, 6) is -1.49. The van der Waals surface area contributed by atoms with Crippen LogP contribution in [0.1, 0.15) is 12.0 Å². The molecule has 6 heteroatoms. The molecule has 1 aliphatic heterocycles. The predicted molar refractivity (Wildman–Crippen MR) is 78.2 cm³/mol. The normalized spacial score (nSPS) is 14.8. The summed E-state index contributed by atoms with van der Waals surface area (Å²) < 4.78 is 5.32. The fourth-order valence-corrected chi connectivity index (χ4v) is 2.26. The van der Waals surface area contributed by atoms with Crippen molar-refractivity contribution in [3.05, 3.63) is 29.8 Å². The number of nitrogens with zero attached hydrogens (tertiary/aromatic N) is 2. The van der Waals surface area contributed by atoms with E-state index in [0.717, 1.165) is 37.6 Å². The summed E-state index contributed by atoms with van der Waals surface area (Å²) in [6.07, 6.45) is -0.470. The standard InChI is InChI=1S/C15H20N2O4/c1-16(14(18)10-15(19)20)11-12-2-4-13(5-3-12)17-6-8-21-9-7-17/h2-5H,6-11H2,1H3,(H,19,20). The lowest BCUT2D eigenvalue weighted by atomic mass is 10.1. The maximum absolute atomic E-state index is 11.6. The number of rotatable bonds is 5. The van der Waals surface area contributed by atoms with E-state index in [2.05, 4.69) is 4.90 Å². The van der Waals surface area contributed by atoms with Crippen molar-refractivity contribution in [2.45, 2.75) is 13.0 Å². The molecular formula is C15H20N2O4. The van der Waals surface area contributed by atoms with Crippen molar-refractivity contribution >= 4 is 17.6 Å². The van der Waals surface area contributed by atoms with Gasteiger partial charge in [-0.05, 0) is 17.7 Å². The van der Waals surface area contributed by atoms with E-state index in [9.17, 15) is 9.59 Å². The Morgan fingerprint density at radius 2 is 1.86 bits per heavy atom. The molecule has 1 aromatic rings. The van der Waals surface area contributed by atoms with Crippen molar-refractivity contribution in [1.82, 2.24) is 4.90 Å². The average Bonchev–Trinajstić information content (AvgIpc) is 2.48. The second kappa shape index (κ2) is 7.08. The van der Waals surface area contributed by atoms with Crippen LogP contribution in [-0.2, 0) is 20.9 Å². The second-order valence-electron chi connectivity index (χ2n) is 5.09. The fourth-order valence-electron chi connectivity index (χ4n) is 2.26. The Labute approximate surface area is 123 Å². The summed E-state index contributed by atoms with van der Waals surface area (Å²) in [7, 11) is 1.61. The first-order chi connectivity index (χ1) is 10.1. The van der Waals surface area contributed by atoms with Gasteiger partial charge in [-0.15, -0.1) is 0 Å². The fraction of sp³-hybridized carbons (Fsp3) is 0.467. The van der Waals surface area contributed by atoms with Gasteiger partial charge in [-0.3, -0.25) is 9.59 Å². The van der Waals surface area contributed by atoms with Crippen LogP contribution in [0.5, 0.6) is 0 Å². The van der Waals surface area contributed by atoms with Gasteiger partial charge in [0.1, 0.15) is 6.42 Å². The van der Waals surface area contributed by atoms with Crippen LogP contribution >= 0.6 is 0 Å². The summed E-state index contributed by atoms with van der Waals surface area (Å²) in [5, 5.41) is 8.62. The van der Waals surface area contributed by atoms with E-state index in [1.54, 1.807) is 7.05 Å². The van der Waals surface area contributed by atoms with Crippen molar-refractivity contribution in [2.24, 2.45) is 0 Å². The maximum atomic E-state index is 11.6. The van der Waals surface area contributed by atoms with Crippen LogP contribution < -0.4 is 4.90 Å². The molecule has 0 atom stereocenters. The molecule has 0 aliphatic carbocycles. The van der Waals surface area contributed by atoms with Crippen LogP contribution in [0, 0.1) is 0 Å². The second-order valence-corrected chi connectivity index (χ2v) is 5.09. The molecule has 1 aliphatic rings. The lowest BCUT2D eigenvalue weighted by Crippen LogP contribution is -2.36. The lowest BCUT2D eigenvalue weighted by Gasteiger charge is -2.29. The number of ether oxygens (including phenoxy) is 1. The van der Waals surface area contributed by atoms with E-state index in [1.807, 2.05) is 24.3 Å². The predicted octanol–water partition coefficient (Wildman–Crippen LogP) is 0.956. The van der Waals surface area contributed by atoms with Gasteiger partial charge in [0, 0.05) is 32.4 Å². The Hall–Kier alpha value is -2.08. The van der Waals surface area contributed by atoms with Gasteiger partial charge in [0.25, 0.3) is 0 Å². The average molecular weight is 292 g/mol. The smallest absolute Gasteiger partial charge is 0.312 e. The van der Waals surface area contributed by atoms with Gasteiger partial charge < -0.3 is 19.6 Å². The SMILES string of the molecule is CN(Cc1ccc(N2CCOCC2)cc1)C(=O)CC(=O)O. The molecule has 0 unspecified atom stereocenters. The minimum absolute atomic E-state index is 0.389. The Morgan fingerprint density at radius 1 is 1.24 bits per heavy atom. The van der Waals surface area contributed by atoms with E-state index < -0.39 is 12.4 Å². The number of morpholine rings is 1. The molecule has 1 aromatic carbocycles. The zero-order valence-corrected chi connectivity index (χ0v) is 12.1. The highest BCUT2D eigenvalue weighted by Gasteiger charge is 2.14. The molecule has 0 bridgehead atoms. The molecule has 114 valence electrons. The number of carboxylic acid groups (broad SMARTS) is 1. The molecule has 0 saturated carbocycles. The number of carbonyl (C=O) groups is 2. The molecule has 1 fully saturated rings. The van der Waals surface area contributed by atoms with E-state index in [4.69, 9.17) is 9.84 Å². The Kier molecular flexibility index (Phi) is 5.16. The van der Waals surface area contributed by atoms with Gasteiger partial charge >= 0.3 is 5.97 Å². The molecule has 1 saturated heterocycles. The zero-order chi connectivity index (χ0) is 15.2. The number of carboxylic acids is 1. The van der Waals surface area contributed by atoms with Crippen LogP contribution in [0.4, 0.5) is 5.69 Å². The number of anilines is 1. The molecule has 1 heterocycles. The monoisotopic (exact) mass is 292 g/mol. The summed E-state index contributed by atoms with van der Waals surface area (Å²) in [6.45, 7) is 3.67. The minimum atomic E-state index is -1.10. The molecule has 6 nitrogen and oxygen atoms in total. The molecule has 0 radical (unpaired) electrons. The molecule has 21 heavy (non-hydrogen) atoms. The van der Waals surface area contributed by atoms with Crippen LogP contribution in [0.2, 0.25) is 0 Å². The Bertz CT molecular complexity index is 495. The van der Waals surface area contributed by atoms with Crippen molar-refractivity contribution in [3.63, 3.8) is 0 Å². The van der Waals surface area contributed by atoms with E-state index in [0.29, 0.717) is 6.54 Å². The topological polar surface area (TPSA) is 70.1 Å². The number of hydrogen-bond acceptors (Lipinski definition) is 4. The van der Waals surface area contributed by atoms with Gasteiger partial charge in [-0.25, -0.2) is 0 Å². The van der Waals surface area contributed by atoms with Crippen molar-refractivity contribution in [3.8, 4) is 0 Å². The third-order valence-electron chi connectivity index (χ3n) is 3.46. The van der Waals surface area contributed by atoms with Crippen molar-refractivity contribution < 1.29 is 19.4 Å². The lowest BCUT2D eigenvalue weighted by molar-refractivity contribution is -0.143. The molecular weight excluding hydrogens is 272 g/mol. The van der Waals surface area contributed by atoms with E-state index >= 15 is 0 Å².